The first kappa shape index (κ1) is 49.0. The molecule has 0 bridgehead atoms. The fourth-order valence-electron chi connectivity index (χ4n) is 0. The Morgan fingerprint density at radius 3 is 0.625 bits per heavy atom. The quantitative estimate of drug-likeness (QED) is 0.485. The molecule has 0 atom stereocenters. The van der Waals surface area contributed by atoms with Crippen molar-refractivity contribution >= 4 is 37.2 Å². The van der Waals surface area contributed by atoms with Crippen molar-refractivity contribution in [1.82, 2.24) is 0 Å². The first-order chi connectivity index (χ1) is 1.41. The van der Waals surface area contributed by atoms with E-state index < -0.39 is 0 Å². The molecule has 8 heavy (non-hydrogen) atoms. The third-order valence-electron chi connectivity index (χ3n) is 0. The van der Waals surface area contributed by atoms with Crippen molar-refractivity contribution in [3.8, 4) is 0 Å². The van der Waals surface area contributed by atoms with Gasteiger partial charge in [0.05, 0.1) is 0 Å². The van der Waals surface area contributed by atoms with Crippen LogP contribution in [0.1, 0.15) is 37.1 Å². The van der Waals surface area contributed by atoms with Crippen LogP contribution in [0.25, 0.3) is 0 Å². The second kappa shape index (κ2) is 60.6. The van der Waals surface area contributed by atoms with Gasteiger partial charge in [-0.05, 0) is 0 Å². The van der Waals surface area contributed by atoms with Crippen molar-refractivity contribution < 1.29 is 13.3 Å². The van der Waals surface area contributed by atoms with Crippen molar-refractivity contribution in [2.45, 2.75) is 37.1 Å². The van der Waals surface area contributed by atoms with Crippen LogP contribution in [0.2, 0.25) is 0 Å². The Morgan fingerprint density at radius 2 is 0.625 bits per heavy atom. The second-order valence-corrected chi connectivity index (χ2v) is 16.3. The normalized spacial score (nSPS) is 2.75. The van der Waals surface area contributed by atoms with E-state index in [1.807, 2.05) is 0 Å². The minimum atomic E-state index is 0. The summed E-state index contributed by atoms with van der Waals surface area (Å²) in [5, 5.41) is 0. The average molecular weight is 461 g/mol. The Hall–Kier alpha value is 2.19. The van der Waals surface area contributed by atoms with E-state index >= 15 is 0 Å². The fraction of sp³-hybridized carbons (Fsp3) is 1.00. The van der Waals surface area contributed by atoms with Crippen LogP contribution in [-0.2, 0) is 0 Å². The molecule has 0 unspecified atom stereocenters. The summed E-state index contributed by atoms with van der Waals surface area (Å²) in [6.07, 6.45) is 0. The summed E-state index contributed by atoms with van der Waals surface area (Å²) >= 11 is 5.30. The Bertz CT molecular complexity index is 7.64. The van der Waals surface area contributed by atoms with E-state index in [-0.39, 0.29) is 37.1 Å². The van der Waals surface area contributed by atoms with E-state index in [9.17, 15) is 0 Å². The predicted octanol–water partition coefficient (Wildman–Crippen LogP) is 1.96. The molecule has 0 aromatic rings. The molecule has 62 valence electrons. The van der Waals surface area contributed by atoms with Crippen LogP contribution >= 0.6 is 37.2 Å². The zero-order valence-corrected chi connectivity index (χ0v) is 7.61. The molecular weight excluding hydrogens is 441 g/mol. The molecule has 0 aliphatic heterocycles. The zero-order valence-electron chi connectivity index (χ0n) is 1.13. The van der Waals surface area contributed by atoms with Gasteiger partial charge in [-0.15, -0.1) is 0 Å². The zero-order chi connectivity index (χ0) is 2.71. The van der Waals surface area contributed by atoms with Gasteiger partial charge in [0, 0.05) is 0 Å². The molecule has 3 heteroatoms. The Kier molecular flexibility index (Phi) is 371. The van der Waals surface area contributed by atoms with Crippen LogP contribution in [-0.4, -0.2) is 0 Å². The summed E-state index contributed by atoms with van der Waals surface area (Å²) in [6.45, 7) is 0. The van der Waals surface area contributed by atoms with Crippen LogP contribution in [0.15, 0.2) is 0 Å². The van der Waals surface area contributed by atoms with Crippen molar-refractivity contribution in [3.63, 3.8) is 0 Å². The summed E-state index contributed by atoms with van der Waals surface area (Å²) in [4.78, 5) is 0. The third kappa shape index (κ3) is 88.3. The van der Waals surface area contributed by atoms with Gasteiger partial charge in [0.15, 0.2) is 0 Å². The molecule has 0 aliphatic carbocycles. The Balaban J connectivity index is -0.00000000200. The van der Waals surface area contributed by atoms with Crippen molar-refractivity contribution in [2.24, 2.45) is 0 Å². The van der Waals surface area contributed by atoms with Crippen LogP contribution in [0.5, 0.6) is 0 Å². The summed E-state index contributed by atoms with van der Waals surface area (Å²) in [5.74, 6) is 0. The van der Waals surface area contributed by atoms with E-state index in [4.69, 9.17) is 0 Å². The summed E-state index contributed by atoms with van der Waals surface area (Å²) in [6, 6.07) is 0. The van der Waals surface area contributed by atoms with Crippen molar-refractivity contribution in [1.29, 1.82) is 0 Å². The molecule has 0 amide bonds. The summed E-state index contributed by atoms with van der Waals surface area (Å²) in [7, 11) is 0. The molecule has 0 saturated heterocycles. The van der Waals surface area contributed by atoms with E-state index in [2.05, 4.69) is 37.2 Å². The molecule has 0 saturated carbocycles. The molecule has 0 N–H and O–H groups in total. The van der Waals surface area contributed by atoms with Crippen molar-refractivity contribution in [3.05, 3.63) is 0 Å². The van der Waals surface area contributed by atoms with Gasteiger partial charge in [0.25, 0.3) is 0 Å². The topological polar surface area (TPSA) is 0 Å². The van der Waals surface area contributed by atoms with Gasteiger partial charge in [0.1, 0.15) is 0 Å². The summed E-state index contributed by atoms with van der Waals surface area (Å²) < 4.78 is 0. The van der Waals surface area contributed by atoms with E-state index in [0.717, 1.165) is 0 Å². The van der Waals surface area contributed by atoms with Gasteiger partial charge in [-0.1, -0.05) is 37.1 Å². The average Bonchev–Trinajstić information content (AvgIpc) is 0.918. The van der Waals surface area contributed by atoms with E-state index in [1.165, 1.54) is 0 Å². The SMILES string of the molecule is C.C.C.C.C.I[I-]I. The Labute approximate surface area is 86.2 Å². The first-order valence-electron chi connectivity index (χ1n) is 0.286. The first-order valence-corrected chi connectivity index (χ1v) is 12.9. The van der Waals surface area contributed by atoms with Gasteiger partial charge in [-0.25, -0.2) is 0 Å². The molecule has 0 nitrogen and oxygen atoms in total. The molecule has 0 heterocycles. The van der Waals surface area contributed by atoms with Crippen LogP contribution < -0.4 is 13.3 Å². The molecular formula is C5H20I3-. The monoisotopic (exact) mass is 461 g/mol. The van der Waals surface area contributed by atoms with Gasteiger partial charge in [-0.3, -0.25) is 0 Å². The van der Waals surface area contributed by atoms with Gasteiger partial charge < -0.3 is 0 Å². The third-order valence-corrected chi connectivity index (χ3v) is 0. The van der Waals surface area contributed by atoms with Gasteiger partial charge in [-0.2, -0.15) is 0 Å². The number of hydrogen-bond donors (Lipinski definition) is 0. The molecule has 0 spiro atoms. The molecule has 0 fully saturated rings. The predicted molar refractivity (Wildman–Crippen MR) is 61.7 cm³/mol. The fourth-order valence-corrected chi connectivity index (χ4v) is 0. The minimum absolute atomic E-state index is 0. The van der Waals surface area contributed by atoms with Crippen LogP contribution in [0.4, 0.5) is 0 Å². The standard InChI is InChI=1S/5CH4.I3/c;;;;;1-3-2/h5*1H4;/q;;;;;-1. The molecule has 0 aromatic heterocycles. The Morgan fingerprint density at radius 1 is 0.625 bits per heavy atom. The molecule has 0 rings (SSSR count). The van der Waals surface area contributed by atoms with E-state index in [0.29, 0.717) is 13.3 Å². The van der Waals surface area contributed by atoms with Crippen molar-refractivity contribution in [2.75, 3.05) is 0 Å². The van der Waals surface area contributed by atoms with Gasteiger partial charge in [0.2, 0.25) is 0 Å². The summed E-state index contributed by atoms with van der Waals surface area (Å²) in [5.41, 5.74) is 0. The number of rotatable bonds is 0. The number of halogens is 3. The van der Waals surface area contributed by atoms with Gasteiger partial charge >= 0.3 is 50.5 Å². The maximum absolute atomic E-state index is 2.39. The van der Waals surface area contributed by atoms with Crippen LogP contribution in [0, 0.1) is 0 Å². The molecule has 0 aliphatic rings. The molecule has 0 radical (unpaired) electrons. The van der Waals surface area contributed by atoms with Crippen LogP contribution in [0.3, 0.4) is 0 Å². The second-order valence-electron chi connectivity index (χ2n) is 0.0540. The maximum atomic E-state index is 2.39. The van der Waals surface area contributed by atoms with E-state index in [1.54, 1.807) is 0 Å². The number of hydrogen-bond acceptors (Lipinski definition) is 0. The molecule has 0 aromatic carbocycles.